The topological polar surface area (TPSA) is 50.9 Å². The molecule has 0 saturated carbocycles. The largest absolute Gasteiger partial charge is 0.397 e. The van der Waals surface area contributed by atoms with Crippen LogP contribution in [0.3, 0.4) is 0 Å². The Labute approximate surface area is 83.0 Å². The van der Waals surface area contributed by atoms with Gasteiger partial charge in [0.1, 0.15) is 0 Å². The fourth-order valence-corrected chi connectivity index (χ4v) is 1.54. The summed E-state index contributed by atoms with van der Waals surface area (Å²) in [6, 6.07) is 7.80. The number of nitrogen functional groups attached to an aromatic ring is 1. The van der Waals surface area contributed by atoms with Crippen LogP contribution in [0, 0.1) is 0 Å². The van der Waals surface area contributed by atoms with Crippen molar-refractivity contribution in [2.75, 3.05) is 17.6 Å². The SMILES string of the molecule is CCNc1ccnc2c(N)cccc12. The molecular weight excluding hydrogens is 174 g/mol. The van der Waals surface area contributed by atoms with Crippen molar-refractivity contribution in [2.24, 2.45) is 0 Å². The first-order valence-electron chi connectivity index (χ1n) is 4.70. The van der Waals surface area contributed by atoms with E-state index in [2.05, 4.69) is 17.2 Å². The number of nitrogens with two attached hydrogens (primary N) is 1. The molecule has 2 rings (SSSR count). The Bertz CT molecular complexity index is 451. The molecule has 0 bridgehead atoms. The first kappa shape index (κ1) is 8.81. The molecule has 0 fully saturated rings. The van der Waals surface area contributed by atoms with Gasteiger partial charge in [0.2, 0.25) is 0 Å². The highest BCUT2D eigenvalue weighted by molar-refractivity contribution is 5.97. The van der Waals surface area contributed by atoms with E-state index in [1.807, 2.05) is 24.3 Å². The summed E-state index contributed by atoms with van der Waals surface area (Å²) < 4.78 is 0. The normalized spacial score (nSPS) is 10.4. The quantitative estimate of drug-likeness (QED) is 0.709. The van der Waals surface area contributed by atoms with E-state index in [4.69, 9.17) is 5.73 Å². The van der Waals surface area contributed by atoms with Crippen molar-refractivity contribution in [3.8, 4) is 0 Å². The molecule has 0 aliphatic rings. The molecule has 0 radical (unpaired) electrons. The van der Waals surface area contributed by atoms with Crippen LogP contribution in [0.15, 0.2) is 30.5 Å². The van der Waals surface area contributed by atoms with Gasteiger partial charge in [0.25, 0.3) is 0 Å². The molecule has 0 spiro atoms. The number of benzene rings is 1. The van der Waals surface area contributed by atoms with Crippen molar-refractivity contribution in [3.05, 3.63) is 30.5 Å². The van der Waals surface area contributed by atoms with Crippen LogP contribution >= 0.6 is 0 Å². The number of aromatic nitrogens is 1. The van der Waals surface area contributed by atoms with E-state index >= 15 is 0 Å². The van der Waals surface area contributed by atoms with E-state index in [1.54, 1.807) is 6.20 Å². The average molecular weight is 187 g/mol. The van der Waals surface area contributed by atoms with Crippen LogP contribution in [-0.2, 0) is 0 Å². The minimum atomic E-state index is 0.724. The molecule has 0 amide bonds. The molecule has 14 heavy (non-hydrogen) atoms. The number of rotatable bonds is 2. The predicted molar refractivity (Wildman–Crippen MR) is 60.3 cm³/mol. The molecule has 0 aliphatic heterocycles. The van der Waals surface area contributed by atoms with E-state index in [0.29, 0.717) is 0 Å². The highest BCUT2D eigenvalue weighted by atomic mass is 14.9. The summed E-state index contributed by atoms with van der Waals surface area (Å²) >= 11 is 0. The number of anilines is 2. The van der Waals surface area contributed by atoms with Crippen LogP contribution in [-0.4, -0.2) is 11.5 Å². The average Bonchev–Trinajstić information content (AvgIpc) is 2.20. The fraction of sp³-hybridized carbons (Fsp3) is 0.182. The number of fused-ring (bicyclic) bond motifs is 1. The van der Waals surface area contributed by atoms with Gasteiger partial charge in [0.05, 0.1) is 11.2 Å². The molecule has 72 valence electrons. The Kier molecular flexibility index (Phi) is 2.23. The van der Waals surface area contributed by atoms with Crippen LogP contribution in [0.2, 0.25) is 0 Å². The third-order valence-electron chi connectivity index (χ3n) is 2.17. The first-order valence-corrected chi connectivity index (χ1v) is 4.70. The third kappa shape index (κ3) is 1.37. The third-order valence-corrected chi connectivity index (χ3v) is 2.17. The van der Waals surface area contributed by atoms with Gasteiger partial charge < -0.3 is 11.1 Å². The summed E-state index contributed by atoms with van der Waals surface area (Å²) in [5.74, 6) is 0. The van der Waals surface area contributed by atoms with Gasteiger partial charge >= 0.3 is 0 Å². The first-order chi connectivity index (χ1) is 6.83. The summed E-state index contributed by atoms with van der Waals surface area (Å²) in [5.41, 5.74) is 8.51. The zero-order chi connectivity index (χ0) is 9.97. The zero-order valence-electron chi connectivity index (χ0n) is 8.12. The van der Waals surface area contributed by atoms with E-state index in [1.165, 1.54) is 0 Å². The van der Waals surface area contributed by atoms with Crippen LogP contribution in [0.1, 0.15) is 6.92 Å². The van der Waals surface area contributed by atoms with Crippen LogP contribution in [0.25, 0.3) is 10.9 Å². The Hall–Kier alpha value is -1.77. The van der Waals surface area contributed by atoms with E-state index in [0.717, 1.165) is 28.8 Å². The molecule has 1 aromatic heterocycles. The molecule has 0 unspecified atom stereocenters. The van der Waals surface area contributed by atoms with Crippen LogP contribution < -0.4 is 11.1 Å². The molecule has 2 aromatic rings. The molecule has 3 N–H and O–H groups in total. The van der Waals surface area contributed by atoms with Crippen LogP contribution in [0.4, 0.5) is 11.4 Å². The maximum absolute atomic E-state index is 5.83. The van der Waals surface area contributed by atoms with Gasteiger partial charge in [-0.2, -0.15) is 0 Å². The van der Waals surface area contributed by atoms with E-state index in [-0.39, 0.29) is 0 Å². The minimum Gasteiger partial charge on any atom is -0.397 e. The second-order valence-electron chi connectivity index (χ2n) is 3.13. The summed E-state index contributed by atoms with van der Waals surface area (Å²) in [7, 11) is 0. The molecule has 1 heterocycles. The lowest BCUT2D eigenvalue weighted by atomic mass is 10.1. The second kappa shape index (κ2) is 3.54. The lowest BCUT2D eigenvalue weighted by Crippen LogP contribution is -1.98. The monoisotopic (exact) mass is 187 g/mol. The maximum Gasteiger partial charge on any atom is 0.0951 e. The number of hydrogen-bond donors (Lipinski definition) is 2. The summed E-state index contributed by atoms with van der Waals surface area (Å²) in [6.07, 6.45) is 1.77. The molecule has 1 aromatic carbocycles. The Morgan fingerprint density at radius 3 is 3.00 bits per heavy atom. The maximum atomic E-state index is 5.83. The Balaban J connectivity index is 2.68. The van der Waals surface area contributed by atoms with Gasteiger partial charge in [-0.25, -0.2) is 0 Å². The number of hydrogen-bond acceptors (Lipinski definition) is 3. The number of nitrogens with one attached hydrogen (secondary N) is 1. The standard InChI is InChI=1S/C11H13N3/c1-2-13-10-6-7-14-11-8(10)4-3-5-9(11)12/h3-7H,2,12H2,1H3,(H,13,14). The summed E-state index contributed by atoms with van der Waals surface area (Å²) in [4.78, 5) is 4.26. The molecule has 0 saturated heterocycles. The highest BCUT2D eigenvalue weighted by Gasteiger charge is 2.02. The number of para-hydroxylation sites is 1. The second-order valence-corrected chi connectivity index (χ2v) is 3.13. The lowest BCUT2D eigenvalue weighted by Gasteiger charge is -2.07. The molecule has 0 atom stereocenters. The molecular formula is C11H13N3. The predicted octanol–water partition coefficient (Wildman–Crippen LogP) is 2.25. The van der Waals surface area contributed by atoms with Gasteiger partial charge in [-0.3, -0.25) is 4.98 Å². The van der Waals surface area contributed by atoms with E-state index < -0.39 is 0 Å². The molecule has 3 nitrogen and oxygen atoms in total. The molecule has 3 heteroatoms. The number of pyridine rings is 1. The van der Waals surface area contributed by atoms with Crippen molar-refractivity contribution >= 4 is 22.3 Å². The smallest absolute Gasteiger partial charge is 0.0951 e. The Morgan fingerprint density at radius 2 is 2.21 bits per heavy atom. The lowest BCUT2D eigenvalue weighted by molar-refractivity contribution is 1.21. The van der Waals surface area contributed by atoms with Gasteiger partial charge in [0, 0.05) is 23.8 Å². The van der Waals surface area contributed by atoms with E-state index in [9.17, 15) is 0 Å². The van der Waals surface area contributed by atoms with Crippen molar-refractivity contribution in [1.29, 1.82) is 0 Å². The Morgan fingerprint density at radius 1 is 1.36 bits per heavy atom. The van der Waals surface area contributed by atoms with Crippen LogP contribution in [0.5, 0.6) is 0 Å². The van der Waals surface area contributed by atoms with Gasteiger partial charge in [0.15, 0.2) is 0 Å². The van der Waals surface area contributed by atoms with Gasteiger partial charge in [-0.05, 0) is 19.1 Å². The van der Waals surface area contributed by atoms with Gasteiger partial charge in [-0.1, -0.05) is 12.1 Å². The van der Waals surface area contributed by atoms with Crippen molar-refractivity contribution in [2.45, 2.75) is 6.92 Å². The van der Waals surface area contributed by atoms with Crippen molar-refractivity contribution < 1.29 is 0 Å². The fourth-order valence-electron chi connectivity index (χ4n) is 1.54. The summed E-state index contributed by atoms with van der Waals surface area (Å²) in [5, 5.41) is 4.36. The number of nitrogens with zero attached hydrogens (tertiary/aromatic N) is 1. The van der Waals surface area contributed by atoms with Crippen molar-refractivity contribution in [1.82, 2.24) is 4.98 Å². The zero-order valence-corrected chi connectivity index (χ0v) is 8.12. The highest BCUT2D eigenvalue weighted by Crippen LogP contribution is 2.24. The van der Waals surface area contributed by atoms with Crippen molar-refractivity contribution in [3.63, 3.8) is 0 Å². The van der Waals surface area contributed by atoms with Gasteiger partial charge in [-0.15, -0.1) is 0 Å². The summed E-state index contributed by atoms with van der Waals surface area (Å²) in [6.45, 7) is 2.96. The molecule has 0 aliphatic carbocycles. The minimum absolute atomic E-state index is 0.724.